The molecule has 7 heteroatoms. The Hall–Kier alpha value is -3.19. The van der Waals surface area contributed by atoms with Crippen molar-refractivity contribution < 1.29 is 18.7 Å². The average Bonchev–Trinajstić information content (AvgIpc) is 3.38. The Morgan fingerprint density at radius 2 is 1.86 bits per heavy atom. The van der Waals surface area contributed by atoms with Crippen molar-refractivity contribution in [2.24, 2.45) is 0 Å². The Bertz CT molecular complexity index is 1110. The van der Waals surface area contributed by atoms with Crippen molar-refractivity contribution in [3.05, 3.63) is 87.9 Å². The molecule has 0 bridgehead atoms. The molecule has 2 amide bonds. The maximum atomic E-state index is 13.8. The highest BCUT2D eigenvalue weighted by molar-refractivity contribution is 7.10. The standard InChI is InChI=1S/C28H31FN2O3S/c1-34-24-10-5-7-21(17-24)27(28(33)30-23-8-3-2-4-9-23)31(19-20-12-14-22(29)15-13-20)26(32)18-25-11-6-16-35-25/h5-7,10-17,23,27H,2-4,8-9,18-19H2,1H3,(H,30,33)/t27-/m1/s1. The van der Waals surface area contributed by atoms with Gasteiger partial charge in [0, 0.05) is 17.5 Å². The minimum absolute atomic E-state index is 0.101. The normalized spacial score (nSPS) is 14.8. The van der Waals surface area contributed by atoms with Gasteiger partial charge in [0.05, 0.1) is 13.5 Å². The third-order valence-electron chi connectivity index (χ3n) is 6.41. The highest BCUT2D eigenvalue weighted by atomic mass is 32.1. The van der Waals surface area contributed by atoms with Gasteiger partial charge in [-0.1, -0.05) is 49.6 Å². The second-order valence-electron chi connectivity index (χ2n) is 8.93. The molecule has 1 fully saturated rings. The van der Waals surface area contributed by atoms with E-state index in [0.29, 0.717) is 11.3 Å². The van der Waals surface area contributed by atoms with Gasteiger partial charge in [-0.15, -0.1) is 11.3 Å². The molecule has 0 spiro atoms. The number of rotatable bonds is 9. The lowest BCUT2D eigenvalue weighted by atomic mass is 9.94. The van der Waals surface area contributed by atoms with Crippen molar-refractivity contribution in [1.82, 2.24) is 10.2 Å². The summed E-state index contributed by atoms with van der Waals surface area (Å²) in [5.41, 5.74) is 1.43. The molecule has 1 saturated carbocycles. The molecule has 2 aromatic carbocycles. The zero-order chi connectivity index (χ0) is 24.6. The van der Waals surface area contributed by atoms with E-state index >= 15 is 0 Å². The van der Waals surface area contributed by atoms with Crippen LogP contribution in [0, 0.1) is 5.82 Å². The highest BCUT2D eigenvalue weighted by Crippen LogP contribution is 2.29. The van der Waals surface area contributed by atoms with E-state index in [1.165, 1.54) is 29.9 Å². The number of carbonyl (C=O) groups is 2. The van der Waals surface area contributed by atoms with Gasteiger partial charge in [0.1, 0.15) is 17.6 Å². The predicted octanol–water partition coefficient (Wildman–Crippen LogP) is 5.66. The molecule has 0 aliphatic heterocycles. The van der Waals surface area contributed by atoms with E-state index in [-0.39, 0.29) is 36.6 Å². The van der Waals surface area contributed by atoms with Crippen LogP contribution >= 0.6 is 11.3 Å². The Morgan fingerprint density at radius 3 is 2.54 bits per heavy atom. The number of nitrogens with zero attached hydrogens (tertiary/aromatic N) is 1. The highest BCUT2D eigenvalue weighted by Gasteiger charge is 2.33. The molecule has 1 aliphatic rings. The van der Waals surface area contributed by atoms with Crippen molar-refractivity contribution in [3.8, 4) is 5.75 Å². The SMILES string of the molecule is COc1cccc([C@H](C(=O)NC2CCCCC2)N(Cc2ccc(F)cc2)C(=O)Cc2cccs2)c1. The van der Waals surface area contributed by atoms with Crippen molar-refractivity contribution in [3.63, 3.8) is 0 Å². The topological polar surface area (TPSA) is 58.6 Å². The summed E-state index contributed by atoms with van der Waals surface area (Å²) < 4.78 is 19.0. The van der Waals surface area contributed by atoms with Gasteiger partial charge in [-0.05, 0) is 59.7 Å². The van der Waals surface area contributed by atoms with Gasteiger partial charge in [0.15, 0.2) is 0 Å². The molecule has 1 N–H and O–H groups in total. The molecule has 1 atom stereocenters. The van der Waals surface area contributed by atoms with Crippen LogP contribution in [-0.2, 0) is 22.6 Å². The maximum absolute atomic E-state index is 13.8. The molecule has 0 radical (unpaired) electrons. The molecule has 35 heavy (non-hydrogen) atoms. The van der Waals surface area contributed by atoms with Crippen molar-refractivity contribution in [2.45, 2.75) is 57.2 Å². The number of amides is 2. The number of nitrogens with one attached hydrogen (secondary N) is 1. The smallest absolute Gasteiger partial charge is 0.247 e. The lowest BCUT2D eigenvalue weighted by molar-refractivity contribution is -0.141. The fourth-order valence-electron chi connectivity index (χ4n) is 4.59. The van der Waals surface area contributed by atoms with Gasteiger partial charge in [0.25, 0.3) is 0 Å². The number of thiophene rings is 1. The van der Waals surface area contributed by atoms with Crippen LogP contribution in [0.1, 0.15) is 54.1 Å². The minimum Gasteiger partial charge on any atom is -0.497 e. The van der Waals surface area contributed by atoms with Gasteiger partial charge in [0.2, 0.25) is 11.8 Å². The van der Waals surface area contributed by atoms with Crippen molar-refractivity contribution >= 4 is 23.2 Å². The van der Waals surface area contributed by atoms with Gasteiger partial charge in [-0.25, -0.2) is 4.39 Å². The van der Waals surface area contributed by atoms with E-state index < -0.39 is 6.04 Å². The maximum Gasteiger partial charge on any atom is 0.247 e. The van der Waals surface area contributed by atoms with Crippen LogP contribution in [0.5, 0.6) is 5.75 Å². The van der Waals surface area contributed by atoms with Gasteiger partial charge in [-0.2, -0.15) is 0 Å². The lowest BCUT2D eigenvalue weighted by Crippen LogP contribution is -2.47. The summed E-state index contributed by atoms with van der Waals surface area (Å²) in [4.78, 5) is 30.0. The summed E-state index contributed by atoms with van der Waals surface area (Å²) in [6.45, 7) is 0.185. The van der Waals surface area contributed by atoms with Crippen LogP contribution < -0.4 is 10.1 Å². The number of ether oxygens (including phenoxy) is 1. The molecular formula is C28H31FN2O3S. The number of benzene rings is 2. The first-order valence-corrected chi connectivity index (χ1v) is 12.9. The Balaban J connectivity index is 1.70. The molecule has 0 unspecified atom stereocenters. The van der Waals surface area contributed by atoms with Crippen LogP contribution in [0.15, 0.2) is 66.0 Å². The van der Waals surface area contributed by atoms with Crippen molar-refractivity contribution in [1.29, 1.82) is 0 Å². The van der Waals surface area contributed by atoms with Crippen LogP contribution in [0.2, 0.25) is 0 Å². The molecule has 184 valence electrons. The summed E-state index contributed by atoms with van der Waals surface area (Å²) in [6, 6.07) is 16.4. The van der Waals surface area contributed by atoms with Gasteiger partial charge < -0.3 is 15.0 Å². The van der Waals surface area contributed by atoms with Crippen LogP contribution in [0.25, 0.3) is 0 Å². The molecule has 3 aromatic rings. The Kier molecular flexibility index (Phi) is 8.53. The number of halogens is 1. The fraction of sp³-hybridized carbons (Fsp3) is 0.357. The van der Waals surface area contributed by atoms with Gasteiger partial charge >= 0.3 is 0 Å². The van der Waals surface area contributed by atoms with E-state index in [1.807, 2.05) is 35.7 Å². The molecule has 1 heterocycles. The van der Waals surface area contributed by atoms with Crippen LogP contribution in [-0.4, -0.2) is 29.9 Å². The van der Waals surface area contributed by atoms with E-state index in [2.05, 4.69) is 5.32 Å². The van der Waals surface area contributed by atoms with E-state index in [0.717, 1.165) is 36.1 Å². The molecule has 5 nitrogen and oxygen atoms in total. The third kappa shape index (κ3) is 6.69. The quantitative estimate of drug-likeness (QED) is 0.418. The molecule has 4 rings (SSSR count). The summed E-state index contributed by atoms with van der Waals surface area (Å²) in [7, 11) is 1.58. The zero-order valence-electron chi connectivity index (χ0n) is 19.9. The number of methoxy groups -OCH3 is 1. The zero-order valence-corrected chi connectivity index (χ0v) is 20.7. The van der Waals surface area contributed by atoms with Gasteiger partial charge in [-0.3, -0.25) is 9.59 Å². The van der Waals surface area contributed by atoms with Crippen LogP contribution in [0.4, 0.5) is 4.39 Å². The fourth-order valence-corrected chi connectivity index (χ4v) is 5.28. The number of hydrogen-bond acceptors (Lipinski definition) is 4. The molecule has 1 aliphatic carbocycles. The second kappa shape index (κ2) is 12.0. The number of hydrogen-bond donors (Lipinski definition) is 1. The van der Waals surface area contributed by atoms with E-state index in [1.54, 1.807) is 30.2 Å². The summed E-state index contributed by atoms with van der Waals surface area (Å²) >= 11 is 1.51. The molecular weight excluding hydrogens is 463 g/mol. The predicted molar refractivity (Wildman–Crippen MR) is 136 cm³/mol. The first-order valence-electron chi connectivity index (χ1n) is 12.0. The average molecular weight is 495 g/mol. The first-order chi connectivity index (χ1) is 17.0. The minimum atomic E-state index is -0.843. The van der Waals surface area contributed by atoms with Crippen LogP contribution in [0.3, 0.4) is 0 Å². The monoisotopic (exact) mass is 494 g/mol. The lowest BCUT2D eigenvalue weighted by Gasteiger charge is -2.33. The summed E-state index contributed by atoms with van der Waals surface area (Å²) in [5.74, 6) is -0.0924. The summed E-state index contributed by atoms with van der Waals surface area (Å²) in [5, 5.41) is 5.15. The van der Waals surface area contributed by atoms with E-state index in [4.69, 9.17) is 4.74 Å². The first kappa shape index (κ1) is 24.9. The largest absolute Gasteiger partial charge is 0.497 e. The third-order valence-corrected chi connectivity index (χ3v) is 7.29. The molecule has 1 aromatic heterocycles. The summed E-state index contributed by atoms with van der Waals surface area (Å²) in [6.07, 6.45) is 5.43. The Labute approximate surface area is 209 Å². The number of carbonyl (C=O) groups excluding carboxylic acids is 2. The second-order valence-corrected chi connectivity index (χ2v) is 9.96. The Morgan fingerprint density at radius 1 is 1.09 bits per heavy atom. The molecule has 0 saturated heterocycles. The van der Waals surface area contributed by atoms with E-state index in [9.17, 15) is 14.0 Å². The van der Waals surface area contributed by atoms with Crippen molar-refractivity contribution in [2.75, 3.05) is 7.11 Å².